The summed E-state index contributed by atoms with van der Waals surface area (Å²) in [4.78, 5) is 0. The average Bonchev–Trinajstić information content (AvgIpc) is 2.59. The molecule has 3 rings (SSSR count). The Labute approximate surface area is 136 Å². The third-order valence-corrected chi connectivity index (χ3v) is 4.18. The van der Waals surface area contributed by atoms with Gasteiger partial charge in [-0.05, 0) is 35.1 Å². The Morgan fingerprint density at radius 1 is 0.870 bits per heavy atom. The molecule has 0 aliphatic heterocycles. The third-order valence-electron chi connectivity index (χ3n) is 4.18. The van der Waals surface area contributed by atoms with Crippen molar-refractivity contribution in [2.45, 2.75) is 13.3 Å². The van der Waals surface area contributed by atoms with Crippen molar-refractivity contribution in [2.24, 2.45) is 0 Å². The van der Waals surface area contributed by atoms with Crippen LogP contribution in [0.3, 0.4) is 0 Å². The van der Waals surface area contributed by atoms with E-state index in [4.69, 9.17) is 9.47 Å². The monoisotopic (exact) mass is 308 g/mol. The van der Waals surface area contributed by atoms with Gasteiger partial charge in [-0.2, -0.15) is 0 Å². The summed E-state index contributed by atoms with van der Waals surface area (Å²) in [5.74, 6) is 1.85. The van der Waals surface area contributed by atoms with E-state index in [1.807, 2.05) is 48.5 Å². The summed E-state index contributed by atoms with van der Waals surface area (Å²) < 4.78 is 10.7. The van der Waals surface area contributed by atoms with Gasteiger partial charge in [0.2, 0.25) is 0 Å². The van der Waals surface area contributed by atoms with Gasteiger partial charge in [0.1, 0.15) is 17.2 Å². The molecular weight excluding hydrogens is 288 g/mol. The van der Waals surface area contributed by atoms with E-state index in [0.29, 0.717) is 12.2 Å². The Morgan fingerprint density at radius 2 is 1.61 bits per heavy atom. The molecular formula is C20H20O3. The van der Waals surface area contributed by atoms with Crippen LogP contribution in [0.4, 0.5) is 0 Å². The molecule has 3 aromatic carbocycles. The minimum atomic E-state index is 0.337. The Balaban J connectivity index is 2.07. The van der Waals surface area contributed by atoms with Gasteiger partial charge in [0, 0.05) is 17.9 Å². The first-order valence-corrected chi connectivity index (χ1v) is 7.55. The summed E-state index contributed by atoms with van der Waals surface area (Å²) in [7, 11) is 3.27. The van der Waals surface area contributed by atoms with E-state index < -0.39 is 0 Å². The van der Waals surface area contributed by atoms with Gasteiger partial charge in [-0.3, -0.25) is 0 Å². The second kappa shape index (κ2) is 6.21. The standard InChI is InChI=1S/C20H20O3/c1-13-10-15(20(21)18-7-5-4-6-17(13)18)11-14-8-9-16(22-2)12-19(14)23-3/h4-10,12,21H,11H2,1-3H3. The van der Waals surface area contributed by atoms with Crippen LogP contribution in [0, 0.1) is 6.92 Å². The molecule has 0 saturated carbocycles. The molecule has 23 heavy (non-hydrogen) atoms. The first kappa shape index (κ1) is 15.2. The number of hydrogen-bond donors (Lipinski definition) is 1. The summed E-state index contributed by atoms with van der Waals surface area (Å²) in [6.07, 6.45) is 0.602. The van der Waals surface area contributed by atoms with Crippen LogP contribution >= 0.6 is 0 Å². The van der Waals surface area contributed by atoms with E-state index in [9.17, 15) is 5.11 Å². The van der Waals surface area contributed by atoms with E-state index in [1.54, 1.807) is 14.2 Å². The molecule has 3 heteroatoms. The molecule has 0 spiro atoms. The second-order valence-electron chi connectivity index (χ2n) is 5.60. The maximum atomic E-state index is 10.6. The Hall–Kier alpha value is -2.68. The van der Waals surface area contributed by atoms with Gasteiger partial charge in [0.05, 0.1) is 14.2 Å². The van der Waals surface area contributed by atoms with Gasteiger partial charge in [0.25, 0.3) is 0 Å². The maximum Gasteiger partial charge on any atom is 0.126 e. The summed E-state index contributed by atoms with van der Waals surface area (Å²) in [5, 5.41) is 12.6. The van der Waals surface area contributed by atoms with Gasteiger partial charge >= 0.3 is 0 Å². The van der Waals surface area contributed by atoms with E-state index >= 15 is 0 Å². The summed E-state index contributed by atoms with van der Waals surface area (Å²) in [6.45, 7) is 2.07. The number of aromatic hydroxyl groups is 1. The quantitative estimate of drug-likeness (QED) is 0.773. The van der Waals surface area contributed by atoms with Gasteiger partial charge in [-0.1, -0.05) is 36.4 Å². The first-order chi connectivity index (χ1) is 11.1. The highest BCUT2D eigenvalue weighted by Crippen LogP contribution is 2.35. The lowest BCUT2D eigenvalue weighted by atomic mass is 9.96. The van der Waals surface area contributed by atoms with Crippen LogP contribution < -0.4 is 9.47 Å². The highest BCUT2D eigenvalue weighted by atomic mass is 16.5. The lowest BCUT2D eigenvalue weighted by molar-refractivity contribution is 0.391. The number of ether oxygens (including phenoxy) is 2. The van der Waals surface area contributed by atoms with Gasteiger partial charge < -0.3 is 14.6 Å². The van der Waals surface area contributed by atoms with Crippen molar-refractivity contribution in [1.29, 1.82) is 0 Å². The predicted molar refractivity (Wildman–Crippen MR) is 92.7 cm³/mol. The number of rotatable bonds is 4. The lowest BCUT2D eigenvalue weighted by Crippen LogP contribution is -1.96. The molecule has 0 unspecified atom stereocenters. The number of aryl methyl sites for hydroxylation is 1. The zero-order valence-electron chi connectivity index (χ0n) is 13.6. The van der Waals surface area contributed by atoms with Crippen molar-refractivity contribution in [3.05, 3.63) is 65.2 Å². The van der Waals surface area contributed by atoms with E-state index in [0.717, 1.165) is 39.0 Å². The van der Waals surface area contributed by atoms with Crippen LogP contribution in [0.1, 0.15) is 16.7 Å². The van der Waals surface area contributed by atoms with Crippen LogP contribution in [0.25, 0.3) is 10.8 Å². The Bertz CT molecular complexity index is 853. The molecule has 0 atom stereocenters. The predicted octanol–water partition coefficient (Wildman–Crippen LogP) is 4.46. The van der Waals surface area contributed by atoms with Crippen LogP contribution in [0.5, 0.6) is 17.2 Å². The maximum absolute atomic E-state index is 10.6. The summed E-state index contributed by atoms with van der Waals surface area (Å²) in [6, 6.07) is 15.7. The van der Waals surface area contributed by atoms with Crippen LogP contribution in [0.2, 0.25) is 0 Å². The fraction of sp³-hybridized carbons (Fsp3) is 0.200. The normalized spacial score (nSPS) is 10.7. The SMILES string of the molecule is COc1ccc(Cc2cc(C)c3ccccc3c2O)c(OC)c1. The molecule has 0 bridgehead atoms. The highest BCUT2D eigenvalue weighted by Gasteiger charge is 2.12. The van der Waals surface area contributed by atoms with Crippen molar-refractivity contribution in [2.75, 3.05) is 14.2 Å². The van der Waals surface area contributed by atoms with E-state index in [2.05, 4.69) is 6.92 Å². The number of fused-ring (bicyclic) bond motifs is 1. The molecule has 0 aliphatic carbocycles. The third kappa shape index (κ3) is 2.82. The van der Waals surface area contributed by atoms with Crippen LogP contribution in [-0.4, -0.2) is 19.3 Å². The zero-order chi connectivity index (χ0) is 16.4. The topological polar surface area (TPSA) is 38.7 Å². The number of phenols is 1. The summed E-state index contributed by atoms with van der Waals surface area (Å²) >= 11 is 0. The van der Waals surface area contributed by atoms with Crippen molar-refractivity contribution < 1.29 is 14.6 Å². The highest BCUT2D eigenvalue weighted by molar-refractivity contribution is 5.92. The minimum absolute atomic E-state index is 0.337. The number of hydrogen-bond acceptors (Lipinski definition) is 3. The van der Waals surface area contributed by atoms with Gasteiger partial charge in [-0.25, -0.2) is 0 Å². The number of benzene rings is 3. The van der Waals surface area contributed by atoms with Crippen molar-refractivity contribution in [1.82, 2.24) is 0 Å². The molecule has 0 fully saturated rings. The molecule has 3 nitrogen and oxygen atoms in total. The van der Waals surface area contributed by atoms with Gasteiger partial charge in [0.15, 0.2) is 0 Å². The molecule has 0 heterocycles. The number of methoxy groups -OCH3 is 2. The van der Waals surface area contributed by atoms with Crippen LogP contribution in [-0.2, 0) is 6.42 Å². The molecule has 0 aromatic heterocycles. The molecule has 0 radical (unpaired) electrons. The summed E-state index contributed by atoms with van der Waals surface area (Å²) in [5.41, 5.74) is 3.06. The second-order valence-corrected chi connectivity index (χ2v) is 5.60. The smallest absolute Gasteiger partial charge is 0.126 e. The van der Waals surface area contributed by atoms with Crippen molar-refractivity contribution in [3.8, 4) is 17.2 Å². The van der Waals surface area contributed by atoms with E-state index in [-0.39, 0.29) is 0 Å². The number of phenolic OH excluding ortho intramolecular Hbond substituents is 1. The van der Waals surface area contributed by atoms with Crippen molar-refractivity contribution in [3.63, 3.8) is 0 Å². The van der Waals surface area contributed by atoms with Crippen molar-refractivity contribution >= 4 is 10.8 Å². The molecule has 0 amide bonds. The largest absolute Gasteiger partial charge is 0.507 e. The Kier molecular flexibility index (Phi) is 4.11. The molecule has 1 N–H and O–H groups in total. The average molecular weight is 308 g/mol. The lowest BCUT2D eigenvalue weighted by Gasteiger charge is -2.14. The van der Waals surface area contributed by atoms with Crippen LogP contribution in [0.15, 0.2) is 48.5 Å². The fourth-order valence-electron chi connectivity index (χ4n) is 2.95. The van der Waals surface area contributed by atoms with E-state index in [1.165, 1.54) is 0 Å². The van der Waals surface area contributed by atoms with Gasteiger partial charge in [-0.15, -0.1) is 0 Å². The fourth-order valence-corrected chi connectivity index (χ4v) is 2.95. The molecule has 0 saturated heterocycles. The molecule has 3 aromatic rings. The molecule has 0 aliphatic rings. The zero-order valence-corrected chi connectivity index (χ0v) is 13.6. The first-order valence-electron chi connectivity index (χ1n) is 7.55. The minimum Gasteiger partial charge on any atom is -0.507 e. The Morgan fingerprint density at radius 3 is 2.30 bits per heavy atom. The molecule has 118 valence electrons.